The number of carboxylic acids is 1. The van der Waals surface area contributed by atoms with Gasteiger partial charge in [0, 0.05) is 10.4 Å². The summed E-state index contributed by atoms with van der Waals surface area (Å²) >= 11 is 1.22. The molecule has 1 amide bonds. The van der Waals surface area contributed by atoms with Crippen molar-refractivity contribution in [2.24, 2.45) is 0 Å². The highest BCUT2D eigenvalue weighted by atomic mass is 32.1. The number of aryl methyl sites for hydroxylation is 1. The Morgan fingerprint density at radius 3 is 2.32 bits per heavy atom. The van der Waals surface area contributed by atoms with Crippen LogP contribution in [0.5, 0.6) is 5.75 Å². The molecule has 1 fully saturated rings. The third kappa shape index (κ3) is 6.35. The molecule has 0 saturated heterocycles. The van der Waals surface area contributed by atoms with Crippen LogP contribution < -0.4 is 15.4 Å². The number of anilines is 1. The summed E-state index contributed by atoms with van der Waals surface area (Å²) in [6.07, 6.45) is -0.878. The average molecular weight is 499 g/mol. The van der Waals surface area contributed by atoms with Crippen LogP contribution >= 0.6 is 11.3 Å². The van der Waals surface area contributed by atoms with E-state index in [0.29, 0.717) is 24.3 Å². The highest BCUT2D eigenvalue weighted by molar-refractivity contribution is 7.16. The van der Waals surface area contributed by atoms with Gasteiger partial charge in [-0.05, 0) is 49.6 Å². The zero-order chi connectivity index (χ0) is 24.9. The van der Waals surface area contributed by atoms with Crippen molar-refractivity contribution in [3.05, 3.63) is 46.3 Å². The maximum atomic E-state index is 13.0. The molecule has 1 saturated carbocycles. The van der Waals surface area contributed by atoms with Crippen molar-refractivity contribution in [3.8, 4) is 5.75 Å². The minimum absolute atomic E-state index is 0.135. The average Bonchev–Trinajstić information content (AvgIpc) is 3.20. The second kappa shape index (κ2) is 10.6. The summed E-state index contributed by atoms with van der Waals surface area (Å²) in [7, 11) is 0. The Bertz CT molecular complexity index is 1040. The first-order valence-corrected chi connectivity index (χ1v) is 11.7. The molecule has 1 heterocycles. The van der Waals surface area contributed by atoms with Gasteiger partial charge in [0.1, 0.15) is 16.3 Å². The second-order valence-corrected chi connectivity index (χ2v) is 9.20. The predicted molar refractivity (Wildman–Crippen MR) is 120 cm³/mol. The molecule has 0 unspecified atom stereocenters. The normalized spacial score (nSPS) is 15.5. The van der Waals surface area contributed by atoms with Crippen molar-refractivity contribution in [2.45, 2.75) is 57.3 Å². The van der Waals surface area contributed by atoms with Crippen LogP contribution in [0.15, 0.2) is 30.3 Å². The van der Waals surface area contributed by atoms with Gasteiger partial charge in [-0.3, -0.25) is 19.7 Å². The van der Waals surface area contributed by atoms with Gasteiger partial charge >= 0.3 is 12.3 Å². The van der Waals surface area contributed by atoms with E-state index in [1.807, 2.05) is 6.92 Å². The third-order valence-corrected chi connectivity index (χ3v) is 6.88. The van der Waals surface area contributed by atoms with E-state index in [1.165, 1.54) is 23.5 Å². The number of alkyl halides is 3. The monoisotopic (exact) mass is 498 g/mol. The number of aliphatic carboxylic acids is 1. The number of hydrogen-bond donors (Lipinski definition) is 3. The summed E-state index contributed by atoms with van der Waals surface area (Å²) in [4.78, 5) is 38.2. The first-order chi connectivity index (χ1) is 16.0. The van der Waals surface area contributed by atoms with Gasteiger partial charge in [-0.2, -0.15) is 0 Å². The van der Waals surface area contributed by atoms with Gasteiger partial charge in [0.15, 0.2) is 5.78 Å². The van der Waals surface area contributed by atoms with Crippen LogP contribution in [-0.4, -0.2) is 41.2 Å². The summed E-state index contributed by atoms with van der Waals surface area (Å²) in [6, 6.07) is 6.17. The van der Waals surface area contributed by atoms with Crippen molar-refractivity contribution in [1.29, 1.82) is 0 Å². The largest absolute Gasteiger partial charge is 0.573 e. The molecule has 0 bridgehead atoms. The van der Waals surface area contributed by atoms with E-state index >= 15 is 0 Å². The predicted octanol–water partition coefficient (Wildman–Crippen LogP) is 4.76. The number of ether oxygens (including phenoxy) is 1. The highest BCUT2D eigenvalue weighted by Crippen LogP contribution is 2.32. The third-order valence-electron chi connectivity index (χ3n) is 5.68. The number of carbonyl (C=O) groups excluding carboxylic acids is 2. The Balaban J connectivity index is 1.72. The SMILES string of the molecule is CCc1cc(C(=O)c2ccc(OC(F)(F)F)cc2)c(NC(=O)CNC2(C(=O)O)CCCCC2)s1. The van der Waals surface area contributed by atoms with Crippen LogP contribution in [0, 0.1) is 0 Å². The Labute approximate surface area is 198 Å². The quantitative estimate of drug-likeness (QED) is 0.431. The van der Waals surface area contributed by atoms with E-state index < -0.39 is 35.3 Å². The van der Waals surface area contributed by atoms with Crippen molar-refractivity contribution >= 4 is 34.0 Å². The molecule has 0 aliphatic heterocycles. The molecule has 1 aliphatic carbocycles. The van der Waals surface area contributed by atoms with Crippen LogP contribution in [-0.2, 0) is 16.0 Å². The minimum Gasteiger partial charge on any atom is -0.480 e. The van der Waals surface area contributed by atoms with Crippen LogP contribution in [0.1, 0.15) is 59.8 Å². The maximum Gasteiger partial charge on any atom is 0.573 e. The lowest BCUT2D eigenvalue weighted by Gasteiger charge is -2.33. The number of amides is 1. The first-order valence-electron chi connectivity index (χ1n) is 10.8. The second-order valence-electron chi connectivity index (χ2n) is 8.06. The Kier molecular flexibility index (Phi) is 7.98. The van der Waals surface area contributed by atoms with Gasteiger partial charge in [0.25, 0.3) is 0 Å². The molecule has 3 N–H and O–H groups in total. The molecular formula is C23H25F3N2O5S. The number of benzene rings is 1. The van der Waals surface area contributed by atoms with Crippen LogP contribution in [0.4, 0.5) is 18.2 Å². The lowest BCUT2D eigenvalue weighted by atomic mass is 9.81. The molecule has 184 valence electrons. The smallest absolute Gasteiger partial charge is 0.480 e. The molecule has 34 heavy (non-hydrogen) atoms. The number of hydrogen-bond acceptors (Lipinski definition) is 6. The number of carbonyl (C=O) groups is 3. The number of rotatable bonds is 9. The molecule has 0 radical (unpaired) electrons. The number of ketones is 1. The summed E-state index contributed by atoms with van der Waals surface area (Å²) in [6.45, 7) is 1.65. The van der Waals surface area contributed by atoms with Gasteiger partial charge in [-0.15, -0.1) is 24.5 Å². The van der Waals surface area contributed by atoms with Crippen molar-refractivity contribution in [1.82, 2.24) is 5.32 Å². The molecule has 1 aromatic heterocycles. The number of thiophene rings is 1. The van der Waals surface area contributed by atoms with Gasteiger partial charge in [0.2, 0.25) is 5.91 Å². The van der Waals surface area contributed by atoms with Crippen LogP contribution in [0.25, 0.3) is 0 Å². The molecular weight excluding hydrogens is 473 g/mol. The number of nitrogens with one attached hydrogen (secondary N) is 2. The lowest BCUT2D eigenvalue weighted by Crippen LogP contribution is -2.55. The minimum atomic E-state index is -4.84. The van der Waals surface area contributed by atoms with Crippen molar-refractivity contribution < 1.29 is 37.4 Å². The Morgan fingerprint density at radius 1 is 1.12 bits per heavy atom. The van der Waals surface area contributed by atoms with Gasteiger partial charge < -0.3 is 15.2 Å². The maximum absolute atomic E-state index is 13.0. The van der Waals surface area contributed by atoms with Crippen molar-refractivity contribution in [3.63, 3.8) is 0 Å². The number of carboxylic acid groups (broad SMARTS) is 1. The summed E-state index contributed by atoms with van der Waals surface area (Å²) in [5.41, 5.74) is -0.792. The topological polar surface area (TPSA) is 105 Å². The first kappa shape index (κ1) is 25.7. The van der Waals surface area contributed by atoms with E-state index in [2.05, 4.69) is 15.4 Å². The van der Waals surface area contributed by atoms with E-state index in [4.69, 9.17) is 0 Å². The Hall–Kier alpha value is -2.92. The van der Waals surface area contributed by atoms with E-state index in [1.54, 1.807) is 6.07 Å². The summed E-state index contributed by atoms with van der Waals surface area (Å²) in [5.74, 6) is -2.39. The van der Waals surface area contributed by atoms with Gasteiger partial charge in [0.05, 0.1) is 12.1 Å². The molecule has 1 aromatic carbocycles. The molecule has 11 heteroatoms. The number of halogens is 3. The zero-order valence-corrected chi connectivity index (χ0v) is 19.3. The highest BCUT2D eigenvalue weighted by Gasteiger charge is 2.39. The molecule has 3 rings (SSSR count). The van der Waals surface area contributed by atoms with E-state index in [0.717, 1.165) is 36.3 Å². The fourth-order valence-electron chi connectivity index (χ4n) is 3.88. The molecule has 1 aliphatic rings. The van der Waals surface area contributed by atoms with E-state index in [-0.39, 0.29) is 17.7 Å². The van der Waals surface area contributed by atoms with Crippen LogP contribution in [0.3, 0.4) is 0 Å². The Morgan fingerprint density at radius 2 is 1.76 bits per heavy atom. The van der Waals surface area contributed by atoms with Crippen LogP contribution in [0.2, 0.25) is 0 Å². The van der Waals surface area contributed by atoms with E-state index in [9.17, 15) is 32.7 Å². The van der Waals surface area contributed by atoms with Gasteiger partial charge in [-0.25, -0.2) is 0 Å². The molecule has 2 aromatic rings. The fourth-order valence-corrected chi connectivity index (χ4v) is 4.89. The van der Waals surface area contributed by atoms with Crippen molar-refractivity contribution in [2.75, 3.05) is 11.9 Å². The standard InChI is InChI=1S/C23H25F3N2O5S/c1-2-16-12-17(19(30)14-6-8-15(9-7-14)33-23(24,25)26)20(34-16)28-18(29)13-27-22(21(31)32)10-4-3-5-11-22/h6-9,12,27H,2-5,10-11,13H2,1H3,(H,28,29)(H,31,32). The summed E-state index contributed by atoms with van der Waals surface area (Å²) < 4.78 is 40.9. The molecule has 0 spiro atoms. The fraction of sp³-hybridized carbons (Fsp3) is 0.435. The molecule has 0 atom stereocenters. The van der Waals surface area contributed by atoms with Gasteiger partial charge in [-0.1, -0.05) is 26.2 Å². The lowest BCUT2D eigenvalue weighted by molar-refractivity contribution is -0.274. The summed E-state index contributed by atoms with van der Waals surface area (Å²) in [5, 5.41) is 15.5. The molecule has 7 nitrogen and oxygen atoms in total. The zero-order valence-electron chi connectivity index (χ0n) is 18.5.